The maximum atomic E-state index is 13.2. The van der Waals surface area contributed by atoms with Gasteiger partial charge in [-0.2, -0.15) is 0 Å². The zero-order valence-corrected chi connectivity index (χ0v) is 14.5. The topological polar surface area (TPSA) is 79.5 Å². The van der Waals surface area contributed by atoms with Gasteiger partial charge < -0.3 is 20.7 Å². The minimum Gasteiger partial charge on any atom is -0.494 e. The fourth-order valence-corrected chi connectivity index (χ4v) is 2.21. The van der Waals surface area contributed by atoms with Gasteiger partial charge in [-0.3, -0.25) is 9.59 Å². The van der Waals surface area contributed by atoms with Crippen LogP contribution in [0.25, 0.3) is 0 Å². The molecule has 6 nitrogen and oxygen atoms in total. The molecule has 1 unspecified atom stereocenters. The van der Waals surface area contributed by atoms with Gasteiger partial charge in [-0.05, 0) is 31.2 Å². The summed E-state index contributed by atoms with van der Waals surface area (Å²) in [6, 6.07) is 7.40. The molecule has 0 aliphatic carbocycles. The number of nitrogens with one attached hydrogen (secondary N) is 3. The van der Waals surface area contributed by atoms with Crippen molar-refractivity contribution < 1.29 is 23.1 Å². The summed E-state index contributed by atoms with van der Waals surface area (Å²) in [7, 11) is 1.46. The van der Waals surface area contributed by atoms with Crippen molar-refractivity contribution in [3.05, 3.63) is 48.0 Å². The van der Waals surface area contributed by atoms with Gasteiger partial charge in [0.25, 0.3) is 0 Å². The molecule has 0 aliphatic rings. The van der Waals surface area contributed by atoms with E-state index < -0.39 is 23.6 Å². The molecule has 0 saturated heterocycles. The molecule has 3 N–H and O–H groups in total. The van der Waals surface area contributed by atoms with Crippen molar-refractivity contribution in [3.8, 4) is 5.75 Å². The van der Waals surface area contributed by atoms with Gasteiger partial charge in [0.1, 0.15) is 11.8 Å². The third-order valence-corrected chi connectivity index (χ3v) is 3.48. The van der Waals surface area contributed by atoms with Gasteiger partial charge in [0.15, 0.2) is 11.6 Å². The fraction of sp³-hybridized carbons (Fsp3) is 0.222. The predicted octanol–water partition coefficient (Wildman–Crippen LogP) is 3.37. The molecular formula is C18H19F2N3O3. The minimum atomic E-state index is -1.04. The SMILES string of the molecule is COc1cc(NC(C)C(=O)Nc2ccc(F)c(F)c2)ccc1NC(C)=O. The molecular weight excluding hydrogens is 344 g/mol. The largest absolute Gasteiger partial charge is 0.494 e. The minimum absolute atomic E-state index is 0.154. The second-order valence-corrected chi connectivity index (χ2v) is 5.58. The van der Waals surface area contributed by atoms with Gasteiger partial charge in [-0.15, -0.1) is 0 Å². The average Bonchev–Trinajstić information content (AvgIpc) is 2.59. The van der Waals surface area contributed by atoms with E-state index in [0.29, 0.717) is 17.1 Å². The highest BCUT2D eigenvalue weighted by atomic mass is 19.2. The van der Waals surface area contributed by atoms with Crippen molar-refractivity contribution in [1.82, 2.24) is 0 Å². The van der Waals surface area contributed by atoms with Crippen LogP contribution < -0.4 is 20.7 Å². The maximum absolute atomic E-state index is 13.2. The van der Waals surface area contributed by atoms with Crippen molar-refractivity contribution in [1.29, 1.82) is 0 Å². The summed E-state index contributed by atoms with van der Waals surface area (Å²) in [5.41, 5.74) is 1.24. The zero-order valence-electron chi connectivity index (χ0n) is 14.5. The van der Waals surface area contributed by atoms with Crippen LogP contribution in [0.15, 0.2) is 36.4 Å². The predicted molar refractivity (Wildman–Crippen MR) is 95.4 cm³/mol. The number of benzene rings is 2. The summed E-state index contributed by atoms with van der Waals surface area (Å²) in [5.74, 6) is -2.26. The highest BCUT2D eigenvalue weighted by Crippen LogP contribution is 2.28. The summed E-state index contributed by atoms with van der Waals surface area (Å²) in [6.45, 7) is 3.00. The normalized spacial score (nSPS) is 11.4. The van der Waals surface area contributed by atoms with Crippen LogP contribution in [0, 0.1) is 11.6 Å². The van der Waals surface area contributed by atoms with E-state index in [9.17, 15) is 18.4 Å². The van der Waals surface area contributed by atoms with E-state index in [0.717, 1.165) is 12.1 Å². The summed E-state index contributed by atoms with van der Waals surface area (Å²) in [5, 5.41) is 8.10. The van der Waals surface area contributed by atoms with E-state index in [-0.39, 0.29) is 11.6 Å². The van der Waals surface area contributed by atoms with Crippen LogP contribution in [-0.2, 0) is 9.59 Å². The van der Waals surface area contributed by atoms with Crippen LogP contribution in [0.1, 0.15) is 13.8 Å². The Morgan fingerprint density at radius 2 is 1.69 bits per heavy atom. The molecule has 0 spiro atoms. The lowest BCUT2D eigenvalue weighted by atomic mass is 10.2. The van der Waals surface area contributed by atoms with Crippen LogP contribution >= 0.6 is 0 Å². The molecule has 0 heterocycles. The van der Waals surface area contributed by atoms with Crippen LogP contribution in [-0.4, -0.2) is 25.0 Å². The zero-order chi connectivity index (χ0) is 19.3. The first-order valence-corrected chi connectivity index (χ1v) is 7.78. The number of carbonyl (C=O) groups excluding carboxylic acids is 2. The Kier molecular flexibility index (Phi) is 6.11. The Hall–Kier alpha value is -3.16. The Morgan fingerprint density at radius 3 is 2.31 bits per heavy atom. The van der Waals surface area contributed by atoms with E-state index >= 15 is 0 Å². The molecule has 2 aromatic carbocycles. The number of carbonyl (C=O) groups is 2. The van der Waals surface area contributed by atoms with Gasteiger partial charge in [0.2, 0.25) is 11.8 Å². The Bertz CT molecular complexity index is 827. The first-order chi connectivity index (χ1) is 12.3. The quantitative estimate of drug-likeness (QED) is 0.735. The van der Waals surface area contributed by atoms with Crippen LogP contribution in [0.2, 0.25) is 0 Å². The molecule has 0 saturated carbocycles. The van der Waals surface area contributed by atoms with Gasteiger partial charge in [-0.1, -0.05) is 0 Å². The molecule has 26 heavy (non-hydrogen) atoms. The number of amides is 2. The molecule has 2 rings (SSSR count). The van der Waals surface area contributed by atoms with Gasteiger partial charge in [0, 0.05) is 30.4 Å². The highest BCUT2D eigenvalue weighted by Gasteiger charge is 2.15. The second kappa shape index (κ2) is 8.28. The first kappa shape index (κ1) is 19.2. The number of methoxy groups -OCH3 is 1. The standard InChI is InChI=1S/C18H19F2N3O3/c1-10(18(25)23-12-4-6-14(19)15(20)8-12)21-13-5-7-16(22-11(2)24)17(9-13)26-3/h4-10,21H,1-3H3,(H,22,24)(H,23,25). The average molecular weight is 363 g/mol. The van der Waals surface area contributed by atoms with Gasteiger partial charge >= 0.3 is 0 Å². The Labute approximate surface area is 149 Å². The van der Waals surface area contributed by atoms with E-state index in [1.54, 1.807) is 25.1 Å². The van der Waals surface area contributed by atoms with Crippen molar-refractivity contribution >= 4 is 28.9 Å². The third kappa shape index (κ3) is 4.92. The molecule has 1 atom stereocenters. The molecule has 0 aromatic heterocycles. The fourth-order valence-electron chi connectivity index (χ4n) is 2.21. The summed E-state index contributed by atoms with van der Waals surface area (Å²) in [4.78, 5) is 23.4. The Morgan fingerprint density at radius 1 is 1.00 bits per heavy atom. The summed E-state index contributed by atoms with van der Waals surface area (Å²) >= 11 is 0. The molecule has 0 aliphatic heterocycles. The van der Waals surface area contributed by atoms with Crippen molar-refractivity contribution in [2.24, 2.45) is 0 Å². The van der Waals surface area contributed by atoms with Crippen molar-refractivity contribution in [3.63, 3.8) is 0 Å². The van der Waals surface area contributed by atoms with Crippen molar-refractivity contribution in [2.75, 3.05) is 23.1 Å². The lowest BCUT2D eigenvalue weighted by molar-refractivity contribution is -0.116. The molecule has 8 heteroatoms. The van der Waals surface area contributed by atoms with E-state index in [2.05, 4.69) is 16.0 Å². The molecule has 2 aromatic rings. The van der Waals surface area contributed by atoms with E-state index in [4.69, 9.17) is 4.74 Å². The number of anilines is 3. The third-order valence-electron chi connectivity index (χ3n) is 3.48. The molecule has 0 fully saturated rings. The first-order valence-electron chi connectivity index (χ1n) is 7.78. The van der Waals surface area contributed by atoms with Gasteiger partial charge in [-0.25, -0.2) is 8.78 Å². The Balaban J connectivity index is 2.05. The van der Waals surface area contributed by atoms with Crippen LogP contribution in [0.4, 0.5) is 25.8 Å². The smallest absolute Gasteiger partial charge is 0.246 e. The second-order valence-electron chi connectivity index (χ2n) is 5.58. The van der Waals surface area contributed by atoms with E-state index in [1.807, 2.05) is 0 Å². The lowest BCUT2D eigenvalue weighted by Crippen LogP contribution is -2.31. The van der Waals surface area contributed by atoms with Crippen LogP contribution in [0.5, 0.6) is 5.75 Å². The maximum Gasteiger partial charge on any atom is 0.246 e. The number of ether oxygens (including phenoxy) is 1. The summed E-state index contributed by atoms with van der Waals surface area (Å²) in [6.07, 6.45) is 0. The number of hydrogen-bond acceptors (Lipinski definition) is 4. The summed E-state index contributed by atoms with van der Waals surface area (Å²) < 4.78 is 31.3. The molecule has 138 valence electrons. The number of hydrogen-bond donors (Lipinski definition) is 3. The number of halogens is 2. The van der Waals surface area contributed by atoms with E-state index in [1.165, 1.54) is 20.1 Å². The van der Waals surface area contributed by atoms with Crippen LogP contribution in [0.3, 0.4) is 0 Å². The molecule has 2 amide bonds. The monoisotopic (exact) mass is 363 g/mol. The molecule has 0 radical (unpaired) electrons. The molecule has 0 bridgehead atoms. The highest BCUT2D eigenvalue weighted by molar-refractivity contribution is 5.96. The number of rotatable bonds is 6. The van der Waals surface area contributed by atoms with Gasteiger partial charge in [0.05, 0.1) is 12.8 Å². The lowest BCUT2D eigenvalue weighted by Gasteiger charge is -2.17. The van der Waals surface area contributed by atoms with Crippen molar-refractivity contribution in [2.45, 2.75) is 19.9 Å².